The van der Waals surface area contributed by atoms with Crippen molar-refractivity contribution in [2.45, 2.75) is 13.0 Å². The Morgan fingerprint density at radius 2 is 1.56 bits per heavy atom. The lowest BCUT2D eigenvalue weighted by molar-refractivity contribution is 0.945. The predicted octanol–water partition coefficient (Wildman–Crippen LogP) is 3.87. The van der Waals surface area contributed by atoms with Crippen LogP contribution in [0.15, 0.2) is 65.7 Å². The molecule has 0 fully saturated rings. The fraction of sp³-hybridized carbons (Fsp3) is 0.118. The van der Waals surface area contributed by atoms with E-state index >= 15 is 0 Å². The van der Waals surface area contributed by atoms with Crippen LogP contribution in [0, 0.1) is 12.3 Å². The van der Waals surface area contributed by atoms with Crippen LogP contribution in [0.2, 0.25) is 0 Å². The monoisotopic (exact) mass is 233 g/mol. The maximum atomic E-state index is 5.57. The first-order valence-corrected chi connectivity index (χ1v) is 5.92. The van der Waals surface area contributed by atoms with Crippen LogP contribution in [-0.2, 0) is 0 Å². The average molecular weight is 233 g/mol. The normalized spacial score (nSPS) is 12.8. The van der Waals surface area contributed by atoms with Crippen molar-refractivity contribution < 1.29 is 0 Å². The molecule has 1 atom stereocenters. The zero-order valence-corrected chi connectivity index (χ0v) is 10.4. The summed E-state index contributed by atoms with van der Waals surface area (Å²) >= 11 is 0. The van der Waals surface area contributed by atoms with E-state index in [1.165, 1.54) is 0 Å². The average Bonchev–Trinajstić information content (AvgIpc) is 2.46. The van der Waals surface area contributed by atoms with Crippen LogP contribution < -0.4 is 0 Å². The van der Waals surface area contributed by atoms with Gasteiger partial charge in [0.1, 0.15) is 6.04 Å². The first kappa shape index (κ1) is 12.1. The van der Waals surface area contributed by atoms with Crippen LogP contribution in [0.4, 0.5) is 0 Å². The van der Waals surface area contributed by atoms with Gasteiger partial charge in [0.15, 0.2) is 0 Å². The molecule has 1 nitrogen and oxygen atoms in total. The second-order valence-corrected chi connectivity index (χ2v) is 4.06. The number of rotatable bonds is 3. The fourth-order valence-corrected chi connectivity index (χ4v) is 1.79. The Morgan fingerprint density at radius 1 is 1.00 bits per heavy atom. The van der Waals surface area contributed by atoms with E-state index in [2.05, 4.69) is 10.9 Å². The van der Waals surface area contributed by atoms with E-state index in [1.807, 2.05) is 67.6 Å². The summed E-state index contributed by atoms with van der Waals surface area (Å²) in [6, 6.07) is 19.8. The van der Waals surface area contributed by atoms with E-state index < -0.39 is 0 Å². The highest BCUT2D eigenvalue weighted by molar-refractivity contribution is 5.98. The molecule has 2 aromatic rings. The zero-order valence-electron chi connectivity index (χ0n) is 10.4. The Morgan fingerprint density at radius 3 is 2.11 bits per heavy atom. The molecule has 88 valence electrons. The molecule has 2 aromatic carbocycles. The Balaban J connectivity index is 2.29. The Kier molecular flexibility index (Phi) is 3.94. The van der Waals surface area contributed by atoms with Gasteiger partial charge in [-0.2, -0.15) is 0 Å². The van der Waals surface area contributed by atoms with Crippen molar-refractivity contribution in [3.63, 3.8) is 0 Å². The van der Waals surface area contributed by atoms with E-state index in [0.717, 1.165) is 16.8 Å². The van der Waals surface area contributed by atoms with Gasteiger partial charge in [-0.25, -0.2) is 0 Å². The maximum Gasteiger partial charge on any atom is 0.135 e. The molecule has 0 heterocycles. The first-order valence-electron chi connectivity index (χ1n) is 5.92. The summed E-state index contributed by atoms with van der Waals surface area (Å²) in [7, 11) is 0. The van der Waals surface area contributed by atoms with Gasteiger partial charge in [-0.15, -0.1) is 6.42 Å². The first-order chi connectivity index (χ1) is 8.81. The molecule has 0 saturated carbocycles. The summed E-state index contributed by atoms with van der Waals surface area (Å²) in [5, 5.41) is 0. The molecule has 1 unspecified atom stereocenters. The van der Waals surface area contributed by atoms with E-state index in [9.17, 15) is 0 Å². The highest BCUT2D eigenvalue weighted by Crippen LogP contribution is 2.17. The lowest BCUT2D eigenvalue weighted by Crippen LogP contribution is -1.99. The quantitative estimate of drug-likeness (QED) is 0.563. The van der Waals surface area contributed by atoms with Gasteiger partial charge < -0.3 is 0 Å². The lowest BCUT2D eigenvalue weighted by atomic mass is 10.1. The summed E-state index contributed by atoms with van der Waals surface area (Å²) in [5.74, 6) is 2.73. The molecule has 1 heteroatoms. The number of hydrogen-bond donors (Lipinski definition) is 0. The topological polar surface area (TPSA) is 12.4 Å². The third-order valence-electron chi connectivity index (χ3n) is 2.79. The van der Waals surface area contributed by atoms with Gasteiger partial charge in [0, 0.05) is 5.71 Å². The largest absolute Gasteiger partial charge is 0.268 e. The van der Waals surface area contributed by atoms with Crippen LogP contribution in [-0.4, -0.2) is 5.71 Å². The molecule has 0 aromatic heterocycles. The van der Waals surface area contributed by atoms with E-state index in [-0.39, 0.29) is 6.04 Å². The standard InChI is InChI=1S/C17H15N/c1-3-17(16-12-8-5-9-13-16)18-14(2)15-10-6-4-7-11-15/h1,4-13,17H,2H3. The van der Waals surface area contributed by atoms with E-state index in [4.69, 9.17) is 6.42 Å². The second-order valence-electron chi connectivity index (χ2n) is 4.06. The SMILES string of the molecule is C#CC(N=C(C)c1ccccc1)c1ccccc1. The fourth-order valence-electron chi connectivity index (χ4n) is 1.79. The molecule has 0 amide bonds. The van der Waals surface area contributed by atoms with Gasteiger partial charge in [0.25, 0.3) is 0 Å². The van der Waals surface area contributed by atoms with Crippen LogP contribution >= 0.6 is 0 Å². The van der Waals surface area contributed by atoms with Crippen molar-refractivity contribution in [3.8, 4) is 12.3 Å². The van der Waals surface area contributed by atoms with Crippen LogP contribution in [0.25, 0.3) is 0 Å². The van der Waals surface area contributed by atoms with Gasteiger partial charge in [-0.05, 0) is 18.1 Å². The van der Waals surface area contributed by atoms with Gasteiger partial charge in [-0.1, -0.05) is 66.6 Å². The van der Waals surface area contributed by atoms with Crippen molar-refractivity contribution in [2.75, 3.05) is 0 Å². The van der Waals surface area contributed by atoms with Crippen molar-refractivity contribution in [2.24, 2.45) is 4.99 Å². The molecule has 18 heavy (non-hydrogen) atoms. The summed E-state index contributed by atoms with van der Waals surface area (Å²) < 4.78 is 0. The molecular formula is C17H15N. The number of nitrogens with zero attached hydrogens (tertiary/aromatic N) is 1. The minimum atomic E-state index is -0.216. The predicted molar refractivity (Wildman–Crippen MR) is 76.7 cm³/mol. The highest BCUT2D eigenvalue weighted by atomic mass is 14.8. The Hall–Kier alpha value is -2.33. The van der Waals surface area contributed by atoms with Gasteiger partial charge in [0.05, 0.1) is 0 Å². The van der Waals surface area contributed by atoms with Crippen molar-refractivity contribution >= 4 is 5.71 Å². The molecule has 0 aliphatic rings. The third-order valence-corrected chi connectivity index (χ3v) is 2.79. The molecule has 0 radical (unpaired) electrons. The molecule has 0 aliphatic heterocycles. The third kappa shape index (κ3) is 2.87. The lowest BCUT2D eigenvalue weighted by Gasteiger charge is -2.08. The van der Waals surface area contributed by atoms with Gasteiger partial charge in [-0.3, -0.25) is 4.99 Å². The Bertz CT molecular complexity index is 562. The summed E-state index contributed by atoms with van der Waals surface area (Å²) in [6.45, 7) is 1.99. The van der Waals surface area contributed by atoms with Crippen LogP contribution in [0.5, 0.6) is 0 Å². The molecule has 0 aliphatic carbocycles. The summed E-state index contributed by atoms with van der Waals surface area (Å²) in [4.78, 5) is 4.62. The summed E-state index contributed by atoms with van der Waals surface area (Å²) in [6.07, 6.45) is 5.57. The van der Waals surface area contributed by atoms with Gasteiger partial charge >= 0.3 is 0 Å². The molecule has 0 N–H and O–H groups in total. The highest BCUT2D eigenvalue weighted by Gasteiger charge is 2.06. The van der Waals surface area contributed by atoms with Crippen molar-refractivity contribution in [1.29, 1.82) is 0 Å². The number of hydrogen-bond acceptors (Lipinski definition) is 1. The smallest absolute Gasteiger partial charge is 0.135 e. The van der Waals surface area contributed by atoms with E-state index in [1.54, 1.807) is 0 Å². The minimum Gasteiger partial charge on any atom is -0.268 e. The van der Waals surface area contributed by atoms with Gasteiger partial charge in [0.2, 0.25) is 0 Å². The van der Waals surface area contributed by atoms with E-state index in [0.29, 0.717) is 0 Å². The zero-order chi connectivity index (χ0) is 12.8. The van der Waals surface area contributed by atoms with Crippen LogP contribution in [0.3, 0.4) is 0 Å². The molecular weight excluding hydrogens is 218 g/mol. The molecule has 2 rings (SSSR count). The summed E-state index contributed by atoms with van der Waals surface area (Å²) in [5.41, 5.74) is 3.12. The molecule has 0 saturated heterocycles. The number of aliphatic imine (C=N–C) groups is 1. The second kappa shape index (κ2) is 5.84. The van der Waals surface area contributed by atoms with Crippen molar-refractivity contribution in [1.82, 2.24) is 0 Å². The molecule has 0 bridgehead atoms. The maximum absolute atomic E-state index is 5.57. The minimum absolute atomic E-state index is 0.216. The Labute approximate surface area is 108 Å². The van der Waals surface area contributed by atoms with Crippen molar-refractivity contribution in [3.05, 3.63) is 71.8 Å². The number of benzene rings is 2. The number of terminal acetylenes is 1. The van der Waals surface area contributed by atoms with Crippen LogP contribution in [0.1, 0.15) is 24.1 Å². The molecule has 0 spiro atoms.